The third-order valence-electron chi connectivity index (χ3n) is 4.50. The topological polar surface area (TPSA) is 74.9 Å². The quantitative estimate of drug-likeness (QED) is 0.762. The van der Waals surface area contributed by atoms with E-state index in [9.17, 15) is 22.8 Å². The second-order valence-corrected chi connectivity index (χ2v) is 6.63. The fraction of sp³-hybridized carbons (Fsp3) is 0.350. The van der Waals surface area contributed by atoms with Gasteiger partial charge in [0.25, 0.3) is 5.91 Å². The molecule has 0 spiro atoms. The van der Waals surface area contributed by atoms with Crippen LogP contribution in [0.15, 0.2) is 58.1 Å². The zero-order chi connectivity index (χ0) is 21.1. The van der Waals surface area contributed by atoms with Crippen molar-refractivity contribution in [2.45, 2.75) is 44.6 Å². The molecule has 1 atom stereocenters. The molecule has 1 N–H and O–H groups in total. The summed E-state index contributed by atoms with van der Waals surface area (Å²) in [4.78, 5) is 29.8. The minimum absolute atomic E-state index is 0.129. The fourth-order valence-electron chi connectivity index (χ4n) is 3.01. The van der Waals surface area contributed by atoms with Gasteiger partial charge in [0.1, 0.15) is 11.6 Å². The number of aliphatic imine (C=N–C) groups is 1. The van der Waals surface area contributed by atoms with Crippen LogP contribution < -0.4 is 5.32 Å². The van der Waals surface area contributed by atoms with Gasteiger partial charge in [0.05, 0.1) is 12.8 Å². The minimum atomic E-state index is -5.12. The zero-order valence-corrected chi connectivity index (χ0v) is 15.7. The van der Waals surface area contributed by atoms with Crippen molar-refractivity contribution >= 4 is 17.6 Å². The van der Waals surface area contributed by atoms with Gasteiger partial charge in [-0.05, 0) is 18.6 Å². The molecule has 1 aliphatic rings. The summed E-state index contributed by atoms with van der Waals surface area (Å²) < 4.78 is 47.5. The summed E-state index contributed by atoms with van der Waals surface area (Å²) >= 11 is 0. The number of nitrogens with one attached hydrogen (secondary N) is 1. The third-order valence-corrected chi connectivity index (χ3v) is 4.50. The van der Waals surface area contributed by atoms with Crippen LogP contribution in [0.5, 0.6) is 0 Å². The number of carbonyl (C=O) groups is 2. The second-order valence-electron chi connectivity index (χ2n) is 6.63. The lowest BCUT2D eigenvalue weighted by atomic mass is 10.1. The maximum absolute atomic E-state index is 14.1. The van der Waals surface area contributed by atoms with E-state index in [1.807, 2.05) is 12.2 Å². The normalized spacial score (nSPS) is 19.4. The largest absolute Gasteiger partial charge is 0.467 e. The standard InChI is InChI=1S/C20H20F3N3O3/c1-2-3-11-16(27)24-19(20(21,22)23)18(28)26(13-15-10-7-12-29-15)17(25-19)14-8-5-4-6-9-14/h4-10,12H,2-3,11,13H2,1H3,(H,24,27)/t19-/m0/s1. The molecule has 0 aliphatic carbocycles. The van der Waals surface area contributed by atoms with Gasteiger partial charge in [0.2, 0.25) is 5.91 Å². The highest BCUT2D eigenvalue weighted by atomic mass is 19.4. The first-order chi connectivity index (χ1) is 13.8. The van der Waals surface area contributed by atoms with E-state index in [2.05, 4.69) is 4.99 Å². The molecule has 6 nitrogen and oxygen atoms in total. The number of furan rings is 1. The van der Waals surface area contributed by atoms with Crippen LogP contribution in [0.1, 0.15) is 37.5 Å². The molecule has 0 fully saturated rings. The molecule has 1 aromatic carbocycles. The molecule has 1 aliphatic heterocycles. The molecule has 29 heavy (non-hydrogen) atoms. The Hall–Kier alpha value is -3.10. The van der Waals surface area contributed by atoms with Crippen molar-refractivity contribution in [3.63, 3.8) is 0 Å². The lowest BCUT2D eigenvalue weighted by Crippen LogP contribution is -2.63. The number of nitrogens with zero attached hydrogens (tertiary/aromatic N) is 2. The molecule has 2 aromatic rings. The van der Waals surface area contributed by atoms with Crippen molar-refractivity contribution in [1.29, 1.82) is 0 Å². The molecule has 2 heterocycles. The van der Waals surface area contributed by atoms with E-state index >= 15 is 0 Å². The van der Waals surface area contributed by atoms with Gasteiger partial charge in [-0.3, -0.25) is 14.5 Å². The van der Waals surface area contributed by atoms with Gasteiger partial charge < -0.3 is 9.73 Å². The highest BCUT2D eigenvalue weighted by Gasteiger charge is 2.67. The third kappa shape index (κ3) is 4.03. The number of amidine groups is 1. The van der Waals surface area contributed by atoms with Gasteiger partial charge in [-0.15, -0.1) is 0 Å². The number of unbranched alkanes of at least 4 members (excludes halogenated alkanes) is 1. The number of benzene rings is 1. The van der Waals surface area contributed by atoms with Crippen molar-refractivity contribution in [1.82, 2.24) is 10.2 Å². The molecule has 0 radical (unpaired) electrons. The van der Waals surface area contributed by atoms with Crippen molar-refractivity contribution in [3.05, 3.63) is 60.1 Å². The lowest BCUT2D eigenvalue weighted by Gasteiger charge is -2.29. The molecule has 0 saturated carbocycles. The first kappa shape index (κ1) is 20.6. The summed E-state index contributed by atoms with van der Waals surface area (Å²) in [5.41, 5.74) is -3.04. The van der Waals surface area contributed by atoms with E-state index in [1.54, 1.807) is 42.5 Å². The van der Waals surface area contributed by atoms with Crippen LogP contribution in [-0.2, 0) is 16.1 Å². The van der Waals surface area contributed by atoms with Gasteiger partial charge >= 0.3 is 11.8 Å². The van der Waals surface area contributed by atoms with Crippen molar-refractivity contribution < 1.29 is 27.2 Å². The number of alkyl halides is 3. The summed E-state index contributed by atoms with van der Waals surface area (Å²) in [5, 5.41) is 1.85. The van der Waals surface area contributed by atoms with E-state index in [0.717, 1.165) is 4.90 Å². The Labute approximate surface area is 165 Å². The molecule has 154 valence electrons. The number of rotatable bonds is 7. The molecule has 0 bridgehead atoms. The van der Waals surface area contributed by atoms with E-state index in [4.69, 9.17) is 4.42 Å². The fourth-order valence-corrected chi connectivity index (χ4v) is 3.01. The zero-order valence-electron chi connectivity index (χ0n) is 15.7. The molecule has 2 amide bonds. The van der Waals surface area contributed by atoms with Crippen LogP contribution in [0.3, 0.4) is 0 Å². The van der Waals surface area contributed by atoms with Gasteiger partial charge in [0, 0.05) is 12.0 Å². The molecular weight excluding hydrogens is 387 g/mol. The van der Waals surface area contributed by atoms with Crippen molar-refractivity contribution in [2.75, 3.05) is 0 Å². The van der Waals surface area contributed by atoms with Gasteiger partial charge in [-0.1, -0.05) is 43.7 Å². The Balaban J connectivity index is 2.06. The summed E-state index contributed by atoms with van der Waals surface area (Å²) in [5.74, 6) is -2.14. The van der Waals surface area contributed by atoms with Crippen molar-refractivity contribution in [3.8, 4) is 0 Å². The average molecular weight is 407 g/mol. The van der Waals surface area contributed by atoms with Gasteiger partial charge in [0.15, 0.2) is 0 Å². The minimum Gasteiger partial charge on any atom is -0.467 e. The molecule has 1 aromatic heterocycles. The monoisotopic (exact) mass is 407 g/mol. The van der Waals surface area contributed by atoms with Gasteiger partial charge in [-0.2, -0.15) is 13.2 Å². The highest BCUT2D eigenvalue weighted by molar-refractivity contribution is 6.16. The molecule has 0 unspecified atom stereocenters. The maximum atomic E-state index is 14.1. The molecule has 3 rings (SSSR count). The van der Waals surface area contributed by atoms with Crippen LogP contribution in [0.25, 0.3) is 0 Å². The summed E-state index contributed by atoms with van der Waals surface area (Å²) in [6, 6.07) is 11.2. The number of amides is 2. The molecule has 0 saturated heterocycles. The smallest absolute Gasteiger partial charge is 0.442 e. The molecular formula is C20H20F3N3O3. The van der Waals surface area contributed by atoms with Crippen LogP contribution in [0, 0.1) is 0 Å². The first-order valence-electron chi connectivity index (χ1n) is 9.16. The van der Waals surface area contributed by atoms with Crippen molar-refractivity contribution in [2.24, 2.45) is 4.99 Å². The Morgan fingerprint density at radius 1 is 1.21 bits per heavy atom. The Kier molecular flexibility index (Phi) is 5.76. The summed E-state index contributed by atoms with van der Waals surface area (Å²) in [7, 11) is 0. The maximum Gasteiger partial charge on any atom is 0.442 e. The summed E-state index contributed by atoms with van der Waals surface area (Å²) in [6.45, 7) is 1.56. The van der Waals surface area contributed by atoms with E-state index in [1.165, 1.54) is 6.26 Å². The second kappa shape index (κ2) is 8.10. The molecule has 9 heteroatoms. The Bertz CT molecular complexity index is 895. The number of halogens is 3. The van der Waals surface area contributed by atoms with Crippen LogP contribution in [0.4, 0.5) is 13.2 Å². The Morgan fingerprint density at radius 3 is 2.52 bits per heavy atom. The van der Waals surface area contributed by atoms with Gasteiger partial charge in [-0.25, -0.2) is 4.99 Å². The van der Waals surface area contributed by atoms with Crippen LogP contribution >= 0.6 is 0 Å². The Morgan fingerprint density at radius 2 is 1.93 bits per heavy atom. The van der Waals surface area contributed by atoms with Crippen LogP contribution in [-0.4, -0.2) is 34.4 Å². The average Bonchev–Trinajstić information content (AvgIpc) is 3.29. The number of hydrogen-bond acceptors (Lipinski definition) is 4. The lowest BCUT2D eigenvalue weighted by molar-refractivity contribution is -0.200. The highest BCUT2D eigenvalue weighted by Crippen LogP contribution is 2.39. The number of hydrogen-bond donors (Lipinski definition) is 1. The number of carbonyl (C=O) groups excluding carboxylic acids is 2. The summed E-state index contributed by atoms with van der Waals surface area (Å²) in [6.07, 6.45) is -2.86. The first-order valence-corrected chi connectivity index (χ1v) is 9.16. The predicted octanol–water partition coefficient (Wildman–Crippen LogP) is 3.63. The SMILES string of the molecule is CCCCC(=O)N[C@]1(C(F)(F)F)N=C(c2ccccc2)N(Cc2ccco2)C1=O. The predicted molar refractivity (Wildman–Crippen MR) is 98.7 cm³/mol. The van der Waals surface area contributed by atoms with Crippen LogP contribution in [0.2, 0.25) is 0 Å². The van der Waals surface area contributed by atoms with E-state index in [0.29, 0.717) is 18.4 Å². The van der Waals surface area contributed by atoms with E-state index < -0.39 is 23.7 Å². The van der Waals surface area contributed by atoms with E-state index in [-0.39, 0.29) is 24.6 Å².